The molecule has 1 heterocycles. The number of benzene rings is 1. The summed E-state index contributed by atoms with van der Waals surface area (Å²) >= 11 is 0. The first-order valence-corrected chi connectivity index (χ1v) is 7.45. The van der Waals surface area contributed by atoms with E-state index in [2.05, 4.69) is 12.2 Å². The Hall–Kier alpha value is -1.97. The van der Waals surface area contributed by atoms with Crippen molar-refractivity contribution in [1.29, 1.82) is 0 Å². The van der Waals surface area contributed by atoms with Gasteiger partial charge in [-0.1, -0.05) is 6.92 Å². The minimum Gasteiger partial charge on any atom is -0.491 e. The van der Waals surface area contributed by atoms with E-state index in [0.29, 0.717) is 17.8 Å². The fourth-order valence-corrected chi connectivity index (χ4v) is 2.44. The van der Waals surface area contributed by atoms with Crippen LogP contribution >= 0.6 is 0 Å². The van der Waals surface area contributed by atoms with Crippen molar-refractivity contribution in [3.8, 4) is 5.75 Å². The van der Waals surface area contributed by atoms with E-state index in [9.17, 15) is 4.79 Å². The maximum atomic E-state index is 11.9. The van der Waals surface area contributed by atoms with Crippen molar-refractivity contribution in [2.24, 2.45) is 0 Å². The first kappa shape index (κ1) is 15.4. The Bertz CT molecular complexity index is 716. The first-order chi connectivity index (χ1) is 10.0. The molecule has 114 valence electrons. The molecule has 0 saturated carbocycles. The second kappa shape index (κ2) is 6.20. The molecule has 1 N–H and O–H groups in total. The summed E-state index contributed by atoms with van der Waals surface area (Å²) in [5.41, 5.74) is 3.79. The molecule has 0 amide bonds. The lowest BCUT2D eigenvalue weighted by Crippen LogP contribution is -2.09. The molecule has 4 heteroatoms. The zero-order valence-electron chi connectivity index (χ0n) is 13.4. The molecule has 0 aliphatic carbocycles. The summed E-state index contributed by atoms with van der Waals surface area (Å²) in [5, 5.41) is 4.23. The molecule has 0 atom stereocenters. The van der Waals surface area contributed by atoms with Crippen LogP contribution < -0.4 is 15.7 Å². The lowest BCUT2D eigenvalue weighted by molar-refractivity contribution is 0.322. The molecular formula is C17H23NO3. The van der Waals surface area contributed by atoms with Crippen LogP contribution in [0.4, 0.5) is 5.69 Å². The minimum absolute atomic E-state index is 0.277. The number of ether oxygens (including phenoxy) is 1. The normalized spacial score (nSPS) is 10.9. The van der Waals surface area contributed by atoms with E-state index in [1.165, 1.54) is 0 Å². The smallest absolute Gasteiger partial charge is 0.339 e. The molecule has 0 fully saturated rings. The van der Waals surface area contributed by atoms with Crippen molar-refractivity contribution in [1.82, 2.24) is 0 Å². The number of fused-ring (bicyclic) bond motifs is 1. The predicted molar refractivity (Wildman–Crippen MR) is 86.6 cm³/mol. The maximum Gasteiger partial charge on any atom is 0.339 e. The van der Waals surface area contributed by atoms with Gasteiger partial charge in [0, 0.05) is 12.1 Å². The van der Waals surface area contributed by atoms with Crippen LogP contribution in [0.1, 0.15) is 37.0 Å². The third kappa shape index (κ3) is 2.75. The highest BCUT2D eigenvalue weighted by Crippen LogP contribution is 2.38. The summed E-state index contributed by atoms with van der Waals surface area (Å²) in [4.78, 5) is 11.9. The standard InChI is InChI=1S/C17H23NO3/c1-6-8-20-16-13(18-7-2)9-10(3)15-14(16)11(4)12(5)17(19)21-15/h9,18H,6-8H2,1-5H3. The van der Waals surface area contributed by atoms with Crippen LogP contribution in [0.3, 0.4) is 0 Å². The number of nitrogens with one attached hydrogen (secondary N) is 1. The predicted octanol–water partition coefficient (Wildman–Crippen LogP) is 3.94. The number of anilines is 1. The van der Waals surface area contributed by atoms with Crippen LogP contribution in [-0.2, 0) is 0 Å². The Balaban J connectivity index is 2.84. The van der Waals surface area contributed by atoms with Crippen LogP contribution in [0.5, 0.6) is 5.75 Å². The van der Waals surface area contributed by atoms with Gasteiger partial charge in [-0.25, -0.2) is 4.79 Å². The van der Waals surface area contributed by atoms with Gasteiger partial charge in [-0.3, -0.25) is 0 Å². The van der Waals surface area contributed by atoms with E-state index >= 15 is 0 Å². The molecule has 0 spiro atoms. The Kier molecular flexibility index (Phi) is 4.56. The van der Waals surface area contributed by atoms with Crippen LogP contribution in [0, 0.1) is 20.8 Å². The quantitative estimate of drug-likeness (QED) is 0.847. The van der Waals surface area contributed by atoms with Gasteiger partial charge in [-0.05, 0) is 51.3 Å². The monoisotopic (exact) mass is 289 g/mol. The molecule has 21 heavy (non-hydrogen) atoms. The molecule has 1 aromatic heterocycles. The average Bonchev–Trinajstić information content (AvgIpc) is 2.45. The summed E-state index contributed by atoms with van der Waals surface area (Å²) in [6, 6.07) is 1.98. The maximum absolute atomic E-state index is 11.9. The molecule has 1 aromatic carbocycles. The molecule has 0 bridgehead atoms. The van der Waals surface area contributed by atoms with E-state index in [1.54, 1.807) is 6.92 Å². The SMILES string of the molecule is CCCOc1c(NCC)cc(C)c2oc(=O)c(C)c(C)c12. The number of aryl methyl sites for hydroxylation is 2. The van der Waals surface area contributed by atoms with Gasteiger partial charge in [-0.2, -0.15) is 0 Å². The number of hydrogen-bond acceptors (Lipinski definition) is 4. The van der Waals surface area contributed by atoms with Gasteiger partial charge in [0.25, 0.3) is 0 Å². The average molecular weight is 289 g/mol. The number of rotatable bonds is 5. The van der Waals surface area contributed by atoms with Crippen LogP contribution in [0.2, 0.25) is 0 Å². The molecule has 0 aliphatic rings. The largest absolute Gasteiger partial charge is 0.491 e. The highest BCUT2D eigenvalue weighted by molar-refractivity contribution is 5.95. The van der Waals surface area contributed by atoms with E-state index in [0.717, 1.165) is 40.9 Å². The molecule has 4 nitrogen and oxygen atoms in total. The van der Waals surface area contributed by atoms with Crippen LogP contribution in [0.15, 0.2) is 15.3 Å². The molecule has 0 aliphatic heterocycles. The van der Waals surface area contributed by atoms with E-state index in [4.69, 9.17) is 9.15 Å². The van der Waals surface area contributed by atoms with Crippen molar-refractivity contribution >= 4 is 16.7 Å². The highest BCUT2D eigenvalue weighted by atomic mass is 16.5. The summed E-state index contributed by atoms with van der Waals surface area (Å²) in [6.45, 7) is 11.2. The van der Waals surface area contributed by atoms with E-state index in [-0.39, 0.29) is 5.63 Å². The fourth-order valence-electron chi connectivity index (χ4n) is 2.44. The third-order valence-electron chi connectivity index (χ3n) is 3.67. The lowest BCUT2D eigenvalue weighted by Gasteiger charge is -2.17. The Morgan fingerprint density at radius 1 is 1.19 bits per heavy atom. The fraction of sp³-hybridized carbons (Fsp3) is 0.471. The van der Waals surface area contributed by atoms with Gasteiger partial charge in [-0.15, -0.1) is 0 Å². The zero-order valence-corrected chi connectivity index (χ0v) is 13.4. The minimum atomic E-state index is -0.277. The summed E-state index contributed by atoms with van der Waals surface area (Å²) < 4.78 is 11.5. The third-order valence-corrected chi connectivity index (χ3v) is 3.67. The first-order valence-electron chi connectivity index (χ1n) is 7.45. The van der Waals surface area contributed by atoms with E-state index in [1.807, 2.05) is 26.8 Å². The van der Waals surface area contributed by atoms with Crippen LogP contribution in [0.25, 0.3) is 11.0 Å². The summed E-state index contributed by atoms with van der Waals surface area (Å²) in [5.74, 6) is 0.781. The van der Waals surface area contributed by atoms with Crippen LogP contribution in [-0.4, -0.2) is 13.2 Å². The van der Waals surface area contributed by atoms with Crippen molar-refractivity contribution in [3.63, 3.8) is 0 Å². The van der Waals surface area contributed by atoms with Crippen molar-refractivity contribution < 1.29 is 9.15 Å². The molecule has 0 saturated heterocycles. The molecule has 0 unspecified atom stereocenters. The second-order valence-corrected chi connectivity index (χ2v) is 5.29. The highest BCUT2D eigenvalue weighted by Gasteiger charge is 2.18. The lowest BCUT2D eigenvalue weighted by atomic mass is 10.0. The molecular weight excluding hydrogens is 266 g/mol. The van der Waals surface area contributed by atoms with Gasteiger partial charge < -0.3 is 14.5 Å². The van der Waals surface area contributed by atoms with E-state index < -0.39 is 0 Å². The second-order valence-electron chi connectivity index (χ2n) is 5.29. The van der Waals surface area contributed by atoms with Crippen molar-refractivity contribution in [2.45, 2.75) is 41.0 Å². The van der Waals surface area contributed by atoms with Gasteiger partial charge in [0.1, 0.15) is 5.58 Å². The summed E-state index contributed by atoms with van der Waals surface area (Å²) in [7, 11) is 0. The van der Waals surface area contributed by atoms with Gasteiger partial charge in [0.15, 0.2) is 5.75 Å². The Labute approximate surface area is 125 Å². The Morgan fingerprint density at radius 3 is 2.52 bits per heavy atom. The van der Waals surface area contributed by atoms with Crippen molar-refractivity contribution in [3.05, 3.63) is 33.2 Å². The van der Waals surface area contributed by atoms with Gasteiger partial charge in [0.2, 0.25) is 0 Å². The molecule has 2 rings (SSSR count). The van der Waals surface area contributed by atoms with Gasteiger partial charge in [0.05, 0.1) is 17.7 Å². The number of hydrogen-bond donors (Lipinski definition) is 1. The summed E-state index contributed by atoms with van der Waals surface area (Å²) in [6.07, 6.45) is 0.926. The van der Waals surface area contributed by atoms with Gasteiger partial charge >= 0.3 is 5.63 Å². The Morgan fingerprint density at radius 2 is 1.90 bits per heavy atom. The molecule has 2 aromatic rings. The topological polar surface area (TPSA) is 51.5 Å². The molecule has 0 radical (unpaired) electrons. The van der Waals surface area contributed by atoms with Crippen molar-refractivity contribution in [2.75, 3.05) is 18.5 Å². The zero-order chi connectivity index (χ0) is 15.6.